The van der Waals surface area contributed by atoms with Crippen molar-refractivity contribution in [3.8, 4) is 5.75 Å². The lowest BCUT2D eigenvalue weighted by Gasteiger charge is -2.35. The molecule has 126 valence electrons. The highest BCUT2D eigenvalue weighted by Crippen LogP contribution is 2.45. The van der Waals surface area contributed by atoms with E-state index in [1.165, 1.54) is 24.2 Å². The number of benzene rings is 1. The van der Waals surface area contributed by atoms with Crippen LogP contribution in [0.15, 0.2) is 18.2 Å². The number of ether oxygens (including phenoxy) is 1. The number of aliphatic hydroxyl groups is 1. The first-order valence-corrected chi connectivity index (χ1v) is 9.46. The molecule has 1 aliphatic rings. The fourth-order valence-corrected chi connectivity index (χ4v) is 4.88. The molecule has 3 rings (SSSR count). The Morgan fingerprint density at radius 2 is 2.04 bits per heavy atom. The van der Waals surface area contributed by atoms with Gasteiger partial charge in [0.2, 0.25) is 0 Å². The number of thiophene rings is 1. The molecule has 1 aromatic heterocycles. The molecule has 23 heavy (non-hydrogen) atoms. The molecule has 0 bridgehead atoms. The average Bonchev–Trinajstić information content (AvgIpc) is 2.99. The van der Waals surface area contributed by atoms with Crippen molar-refractivity contribution in [2.45, 2.75) is 58.0 Å². The van der Waals surface area contributed by atoms with Crippen molar-refractivity contribution in [3.05, 3.63) is 28.9 Å². The van der Waals surface area contributed by atoms with Gasteiger partial charge in [-0.25, -0.2) is 4.39 Å². The molecule has 0 amide bonds. The van der Waals surface area contributed by atoms with Crippen LogP contribution in [0.4, 0.5) is 4.39 Å². The van der Waals surface area contributed by atoms with Crippen molar-refractivity contribution < 1.29 is 14.2 Å². The van der Waals surface area contributed by atoms with Crippen LogP contribution in [-0.4, -0.2) is 11.7 Å². The maximum atomic E-state index is 14.5. The van der Waals surface area contributed by atoms with E-state index in [9.17, 15) is 9.50 Å². The van der Waals surface area contributed by atoms with Gasteiger partial charge in [0.15, 0.2) is 11.6 Å². The Hall–Kier alpha value is -1.13. The molecule has 1 aromatic carbocycles. The first kappa shape index (κ1) is 16.7. The molecule has 0 aliphatic heterocycles. The van der Waals surface area contributed by atoms with E-state index in [0.717, 1.165) is 41.9 Å². The largest absolute Gasteiger partial charge is 0.491 e. The highest BCUT2D eigenvalue weighted by Gasteiger charge is 2.36. The van der Waals surface area contributed by atoms with Gasteiger partial charge >= 0.3 is 0 Å². The molecule has 2 nitrogen and oxygen atoms in total. The Morgan fingerprint density at radius 3 is 2.70 bits per heavy atom. The lowest BCUT2D eigenvalue weighted by molar-refractivity contribution is -0.0119. The van der Waals surface area contributed by atoms with E-state index in [4.69, 9.17) is 4.74 Å². The Kier molecular flexibility index (Phi) is 4.93. The molecule has 1 fully saturated rings. The third-order valence-electron chi connectivity index (χ3n) is 4.98. The molecule has 2 aromatic rings. The van der Waals surface area contributed by atoms with Crippen LogP contribution in [0.25, 0.3) is 10.1 Å². The second-order valence-electron chi connectivity index (χ2n) is 6.60. The fourth-order valence-electron chi connectivity index (χ4n) is 3.65. The number of fused-ring (bicyclic) bond motifs is 1. The first-order valence-electron chi connectivity index (χ1n) is 8.65. The molecule has 0 unspecified atom stereocenters. The molecule has 4 heteroatoms. The van der Waals surface area contributed by atoms with Gasteiger partial charge in [0, 0.05) is 4.88 Å². The molecule has 1 aliphatic carbocycles. The highest BCUT2D eigenvalue weighted by molar-refractivity contribution is 7.19. The second kappa shape index (κ2) is 6.78. The van der Waals surface area contributed by atoms with Crippen molar-refractivity contribution in [1.29, 1.82) is 0 Å². The van der Waals surface area contributed by atoms with E-state index < -0.39 is 5.60 Å². The molecule has 1 N–H and O–H groups in total. The SMILES string of the molecule is CCCC1CCC(O)(c2cc3ccc(OCC)c(F)c3s2)CC1. The van der Waals surface area contributed by atoms with Crippen LogP contribution < -0.4 is 4.74 Å². The Labute approximate surface area is 141 Å². The van der Waals surface area contributed by atoms with Gasteiger partial charge in [-0.2, -0.15) is 0 Å². The zero-order valence-corrected chi connectivity index (χ0v) is 14.7. The highest BCUT2D eigenvalue weighted by atomic mass is 32.1. The van der Waals surface area contributed by atoms with Gasteiger partial charge in [-0.15, -0.1) is 11.3 Å². The van der Waals surface area contributed by atoms with E-state index in [2.05, 4.69) is 6.92 Å². The van der Waals surface area contributed by atoms with Crippen molar-refractivity contribution >= 4 is 21.4 Å². The van der Waals surface area contributed by atoms with Gasteiger partial charge in [-0.3, -0.25) is 0 Å². The predicted octanol–water partition coefficient (Wildman–Crippen LogP) is 5.62. The van der Waals surface area contributed by atoms with Crippen molar-refractivity contribution in [3.63, 3.8) is 0 Å². The topological polar surface area (TPSA) is 29.5 Å². The van der Waals surface area contributed by atoms with E-state index in [0.29, 0.717) is 17.1 Å². The van der Waals surface area contributed by atoms with Gasteiger partial charge in [0.05, 0.1) is 16.9 Å². The van der Waals surface area contributed by atoms with Crippen LogP contribution in [0.2, 0.25) is 0 Å². The van der Waals surface area contributed by atoms with Crippen LogP contribution in [0.5, 0.6) is 5.75 Å². The summed E-state index contributed by atoms with van der Waals surface area (Å²) in [5.74, 6) is 0.729. The maximum Gasteiger partial charge on any atom is 0.182 e. The normalized spacial score (nSPS) is 25.0. The summed E-state index contributed by atoms with van der Waals surface area (Å²) in [6, 6.07) is 5.52. The summed E-state index contributed by atoms with van der Waals surface area (Å²) in [6.07, 6.45) is 6.14. The molecule has 0 radical (unpaired) electrons. The van der Waals surface area contributed by atoms with Crippen LogP contribution in [0.3, 0.4) is 0 Å². The van der Waals surface area contributed by atoms with Crippen LogP contribution in [0, 0.1) is 11.7 Å². The third kappa shape index (κ3) is 3.24. The Balaban J connectivity index is 1.87. The average molecular weight is 336 g/mol. The third-order valence-corrected chi connectivity index (χ3v) is 6.32. The minimum atomic E-state index is -0.786. The van der Waals surface area contributed by atoms with Crippen molar-refractivity contribution in [2.75, 3.05) is 6.61 Å². The maximum absolute atomic E-state index is 14.5. The monoisotopic (exact) mass is 336 g/mol. The molecule has 0 atom stereocenters. The van der Waals surface area contributed by atoms with Gasteiger partial charge in [0.1, 0.15) is 0 Å². The molecule has 0 spiro atoms. The van der Waals surface area contributed by atoms with E-state index in [1.807, 2.05) is 19.1 Å². The van der Waals surface area contributed by atoms with Crippen LogP contribution >= 0.6 is 11.3 Å². The first-order chi connectivity index (χ1) is 11.1. The van der Waals surface area contributed by atoms with Crippen molar-refractivity contribution in [1.82, 2.24) is 0 Å². The number of hydrogen-bond donors (Lipinski definition) is 1. The zero-order valence-electron chi connectivity index (χ0n) is 13.9. The predicted molar refractivity (Wildman–Crippen MR) is 93.7 cm³/mol. The summed E-state index contributed by atoms with van der Waals surface area (Å²) < 4.78 is 20.5. The molecule has 1 saturated carbocycles. The minimum Gasteiger partial charge on any atom is -0.491 e. The fraction of sp³-hybridized carbons (Fsp3) is 0.579. The summed E-state index contributed by atoms with van der Waals surface area (Å²) in [5.41, 5.74) is -0.786. The van der Waals surface area contributed by atoms with Gasteiger partial charge < -0.3 is 9.84 Å². The Bertz CT molecular complexity index is 671. The van der Waals surface area contributed by atoms with E-state index in [1.54, 1.807) is 6.07 Å². The van der Waals surface area contributed by atoms with E-state index in [-0.39, 0.29) is 5.82 Å². The van der Waals surface area contributed by atoms with Crippen LogP contribution in [-0.2, 0) is 5.60 Å². The standard InChI is InChI=1S/C19H25FO2S/c1-3-5-13-8-10-19(21,11-9-13)16-12-14-6-7-15(22-4-2)17(20)18(14)23-16/h6-7,12-13,21H,3-5,8-11H2,1-2H3. The summed E-state index contributed by atoms with van der Waals surface area (Å²) in [4.78, 5) is 0.898. The lowest BCUT2D eigenvalue weighted by Crippen LogP contribution is -2.30. The molecule has 1 heterocycles. The summed E-state index contributed by atoms with van der Waals surface area (Å²) in [5, 5.41) is 11.9. The number of hydrogen-bond acceptors (Lipinski definition) is 3. The smallest absolute Gasteiger partial charge is 0.182 e. The number of rotatable bonds is 5. The van der Waals surface area contributed by atoms with Gasteiger partial charge in [-0.1, -0.05) is 19.8 Å². The zero-order chi connectivity index (χ0) is 16.4. The second-order valence-corrected chi connectivity index (χ2v) is 7.66. The Morgan fingerprint density at radius 1 is 1.30 bits per heavy atom. The quantitative estimate of drug-likeness (QED) is 0.768. The van der Waals surface area contributed by atoms with E-state index >= 15 is 0 Å². The summed E-state index contributed by atoms with van der Waals surface area (Å²) in [7, 11) is 0. The summed E-state index contributed by atoms with van der Waals surface area (Å²) >= 11 is 1.38. The van der Waals surface area contributed by atoms with Crippen molar-refractivity contribution in [2.24, 2.45) is 5.92 Å². The molecule has 0 saturated heterocycles. The summed E-state index contributed by atoms with van der Waals surface area (Å²) in [6.45, 7) is 4.51. The van der Waals surface area contributed by atoms with Crippen LogP contribution in [0.1, 0.15) is 57.2 Å². The molecular formula is C19H25FO2S. The number of halogens is 1. The minimum absolute atomic E-state index is 0.298. The molecular weight excluding hydrogens is 311 g/mol. The van der Waals surface area contributed by atoms with Gasteiger partial charge in [-0.05, 0) is 62.1 Å². The van der Waals surface area contributed by atoms with Gasteiger partial charge in [0.25, 0.3) is 0 Å². The lowest BCUT2D eigenvalue weighted by atomic mass is 9.76.